The van der Waals surface area contributed by atoms with Crippen molar-refractivity contribution in [2.45, 2.75) is 39.5 Å². The second-order valence-electron chi connectivity index (χ2n) is 8.16. The minimum Gasteiger partial charge on any atom is -0.332 e. The maximum absolute atomic E-state index is 13.4. The number of para-hydroxylation sites is 1. The van der Waals surface area contributed by atoms with Crippen molar-refractivity contribution in [1.82, 2.24) is 9.80 Å². The van der Waals surface area contributed by atoms with Gasteiger partial charge >= 0.3 is 12.2 Å². The summed E-state index contributed by atoms with van der Waals surface area (Å²) in [6, 6.07) is 15.6. The fraction of sp³-hybridized carbons (Fsp3) is 0.308. The molecule has 3 amide bonds. The van der Waals surface area contributed by atoms with Gasteiger partial charge in [-0.15, -0.1) is 11.3 Å². The number of hydrogen-bond acceptors (Lipinski definition) is 3. The number of anilines is 1. The second kappa shape index (κ2) is 11.9. The maximum Gasteiger partial charge on any atom is 0.418 e. The largest absolute Gasteiger partial charge is 0.418 e. The molecule has 0 fully saturated rings. The van der Waals surface area contributed by atoms with Gasteiger partial charge in [0.1, 0.15) is 6.54 Å². The Morgan fingerprint density at radius 1 is 0.943 bits per heavy atom. The van der Waals surface area contributed by atoms with Gasteiger partial charge in [-0.05, 0) is 48.1 Å². The molecule has 3 rings (SSSR count). The number of amides is 3. The van der Waals surface area contributed by atoms with Gasteiger partial charge in [0.05, 0.1) is 17.8 Å². The lowest BCUT2D eigenvalue weighted by atomic mass is 10.1. The molecule has 0 radical (unpaired) electrons. The smallest absolute Gasteiger partial charge is 0.332 e. The number of aryl methyl sites for hydroxylation is 1. The first-order valence-corrected chi connectivity index (χ1v) is 12.1. The molecule has 0 atom stereocenters. The molecule has 3 aromatic rings. The molecular formula is C26H28F3N3O2S. The summed E-state index contributed by atoms with van der Waals surface area (Å²) in [7, 11) is 0. The number of rotatable bonds is 9. The van der Waals surface area contributed by atoms with E-state index in [0.717, 1.165) is 22.1 Å². The third kappa shape index (κ3) is 7.32. The average Bonchev–Trinajstić information content (AvgIpc) is 3.23. The number of thiophene rings is 1. The van der Waals surface area contributed by atoms with Crippen molar-refractivity contribution < 1.29 is 22.8 Å². The number of benzene rings is 2. The molecule has 0 spiro atoms. The maximum atomic E-state index is 13.4. The van der Waals surface area contributed by atoms with Crippen LogP contribution in [0.15, 0.2) is 66.0 Å². The number of carbonyl (C=O) groups excluding carboxylic acids is 2. The predicted molar refractivity (Wildman–Crippen MR) is 132 cm³/mol. The molecule has 0 saturated carbocycles. The molecule has 0 unspecified atom stereocenters. The van der Waals surface area contributed by atoms with E-state index in [-0.39, 0.29) is 24.7 Å². The van der Waals surface area contributed by atoms with E-state index in [1.807, 2.05) is 55.6 Å². The Balaban J connectivity index is 1.79. The van der Waals surface area contributed by atoms with Crippen LogP contribution in [-0.2, 0) is 24.1 Å². The number of nitrogens with one attached hydrogen (secondary N) is 1. The third-order valence-electron chi connectivity index (χ3n) is 5.45. The van der Waals surface area contributed by atoms with Crippen molar-refractivity contribution in [3.63, 3.8) is 0 Å². The summed E-state index contributed by atoms with van der Waals surface area (Å²) < 4.78 is 40.1. The van der Waals surface area contributed by atoms with E-state index < -0.39 is 17.8 Å². The first-order valence-electron chi connectivity index (χ1n) is 11.3. The molecule has 9 heteroatoms. The van der Waals surface area contributed by atoms with Crippen molar-refractivity contribution in [2.75, 3.05) is 18.4 Å². The molecule has 2 aromatic carbocycles. The monoisotopic (exact) mass is 503 g/mol. The summed E-state index contributed by atoms with van der Waals surface area (Å²) in [4.78, 5) is 30.3. The highest BCUT2D eigenvalue weighted by atomic mass is 32.1. The molecule has 1 heterocycles. The molecule has 0 saturated heterocycles. The molecule has 1 aromatic heterocycles. The van der Waals surface area contributed by atoms with E-state index in [1.165, 1.54) is 23.1 Å². The van der Waals surface area contributed by atoms with Crippen LogP contribution in [0.5, 0.6) is 0 Å². The average molecular weight is 504 g/mol. The fourth-order valence-electron chi connectivity index (χ4n) is 3.59. The molecule has 5 nitrogen and oxygen atoms in total. The Morgan fingerprint density at radius 2 is 1.63 bits per heavy atom. The summed E-state index contributed by atoms with van der Waals surface area (Å²) >= 11 is 1.55. The van der Waals surface area contributed by atoms with Gasteiger partial charge < -0.3 is 15.1 Å². The lowest BCUT2D eigenvalue weighted by Gasteiger charge is -2.28. The Labute approximate surface area is 207 Å². The molecule has 35 heavy (non-hydrogen) atoms. The van der Waals surface area contributed by atoms with Crippen LogP contribution >= 0.6 is 11.3 Å². The zero-order valence-electron chi connectivity index (χ0n) is 19.6. The van der Waals surface area contributed by atoms with Gasteiger partial charge in [0, 0.05) is 18.0 Å². The van der Waals surface area contributed by atoms with E-state index in [2.05, 4.69) is 5.32 Å². The summed E-state index contributed by atoms with van der Waals surface area (Å²) in [6.07, 6.45) is -4.06. The molecular weight excluding hydrogens is 475 g/mol. The molecule has 0 aliphatic rings. The van der Waals surface area contributed by atoms with Crippen LogP contribution in [-0.4, -0.2) is 34.8 Å². The van der Waals surface area contributed by atoms with E-state index >= 15 is 0 Å². The standard InChI is InChI=1S/C26H28F3N3O2S/c1-3-14-31(25(34)30-22-12-8-7-11-21(22)26(27,28)29)18-24(33)32(16-20-9-5-4-6-10-20)17-23-19(2)13-15-35-23/h4-13,15H,3,14,16-18H2,1-2H3,(H,30,34). The quantitative estimate of drug-likeness (QED) is 0.360. The highest BCUT2D eigenvalue weighted by Crippen LogP contribution is 2.34. The van der Waals surface area contributed by atoms with Gasteiger partial charge in [0.15, 0.2) is 0 Å². The van der Waals surface area contributed by atoms with E-state index in [0.29, 0.717) is 19.5 Å². The van der Waals surface area contributed by atoms with Gasteiger partial charge in [-0.25, -0.2) is 4.79 Å². The van der Waals surface area contributed by atoms with Crippen molar-refractivity contribution in [2.24, 2.45) is 0 Å². The molecule has 0 aliphatic heterocycles. The van der Waals surface area contributed by atoms with Crippen molar-refractivity contribution in [3.8, 4) is 0 Å². The third-order valence-corrected chi connectivity index (χ3v) is 6.46. The zero-order chi connectivity index (χ0) is 25.4. The minimum absolute atomic E-state index is 0.225. The Hall–Kier alpha value is -3.33. The Kier molecular flexibility index (Phi) is 8.92. The summed E-state index contributed by atoms with van der Waals surface area (Å²) in [5.74, 6) is -0.283. The number of nitrogens with zero attached hydrogens (tertiary/aromatic N) is 2. The molecule has 1 N–H and O–H groups in total. The number of halogens is 3. The van der Waals surface area contributed by atoms with Gasteiger partial charge in [-0.1, -0.05) is 49.4 Å². The lowest BCUT2D eigenvalue weighted by molar-refractivity contribution is -0.137. The van der Waals surface area contributed by atoms with E-state index in [9.17, 15) is 22.8 Å². The van der Waals surface area contributed by atoms with Crippen molar-refractivity contribution in [1.29, 1.82) is 0 Å². The van der Waals surface area contributed by atoms with Crippen molar-refractivity contribution in [3.05, 3.63) is 87.6 Å². The topological polar surface area (TPSA) is 52.7 Å². The zero-order valence-corrected chi connectivity index (χ0v) is 20.5. The first-order chi connectivity index (χ1) is 16.7. The Bertz CT molecular complexity index is 1130. The number of hydrogen-bond donors (Lipinski definition) is 1. The van der Waals surface area contributed by atoms with Gasteiger partial charge in [-0.2, -0.15) is 13.2 Å². The van der Waals surface area contributed by atoms with Crippen LogP contribution in [0.3, 0.4) is 0 Å². The van der Waals surface area contributed by atoms with E-state index in [1.54, 1.807) is 16.2 Å². The SMILES string of the molecule is CCCN(CC(=O)N(Cc1ccccc1)Cc1sccc1C)C(=O)Nc1ccccc1C(F)(F)F. The molecule has 186 valence electrons. The lowest BCUT2D eigenvalue weighted by Crippen LogP contribution is -2.44. The number of alkyl halides is 3. The first kappa shape index (κ1) is 26.3. The summed E-state index contributed by atoms with van der Waals surface area (Å²) in [5.41, 5.74) is 0.748. The van der Waals surface area contributed by atoms with Gasteiger partial charge in [0.2, 0.25) is 5.91 Å². The highest BCUT2D eigenvalue weighted by Gasteiger charge is 2.34. The van der Waals surface area contributed by atoms with Crippen LogP contribution in [0.4, 0.5) is 23.7 Å². The summed E-state index contributed by atoms with van der Waals surface area (Å²) in [6.45, 7) is 4.54. The minimum atomic E-state index is -4.61. The van der Waals surface area contributed by atoms with Crippen LogP contribution < -0.4 is 5.32 Å². The highest BCUT2D eigenvalue weighted by molar-refractivity contribution is 7.10. The van der Waals surface area contributed by atoms with Crippen LogP contribution in [0, 0.1) is 6.92 Å². The van der Waals surface area contributed by atoms with Crippen molar-refractivity contribution >= 4 is 29.0 Å². The molecule has 0 aliphatic carbocycles. The fourth-order valence-corrected chi connectivity index (χ4v) is 4.52. The Morgan fingerprint density at radius 3 is 2.26 bits per heavy atom. The van der Waals surface area contributed by atoms with Crippen LogP contribution in [0.2, 0.25) is 0 Å². The predicted octanol–water partition coefficient (Wildman–Crippen LogP) is 6.55. The van der Waals surface area contributed by atoms with Crippen LogP contribution in [0.25, 0.3) is 0 Å². The number of carbonyl (C=O) groups is 2. The molecule has 0 bridgehead atoms. The van der Waals surface area contributed by atoms with Gasteiger partial charge in [0.25, 0.3) is 0 Å². The van der Waals surface area contributed by atoms with Crippen LogP contribution in [0.1, 0.15) is 34.9 Å². The van der Waals surface area contributed by atoms with Gasteiger partial charge in [-0.3, -0.25) is 4.79 Å². The normalized spacial score (nSPS) is 11.2. The second-order valence-corrected chi connectivity index (χ2v) is 9.16. The van der Waals surface area contributed by atoms with E-state index in [4.69, 9.17) is 0 Å². The summed E-state index contributed by atoms with van der Waals surface area (Å²) in [5, 5.41) is 4.31. The number of urea groups is 1.